The van der Waals surface area contributed by atoms with Crippen LogP contribution in [0, 0.1) is 0 Å². The van der Waals surface area contributed by atoms with E-state index in [4.69, 9.17) is 57.1 Å². The van der Waals surface area contributed by atoms with Crippen molar-refractivity contribution in [1.29, 1.82) is 0 Å². The lowest BCUT2D eigenvalue weighted by Crippen LogP contribution is -2.46. The molecule has 7 aromatic rings. The summed E-state index contributed by atoms with van der Waals surface area (Å²) in [5.74, 6) is -0.371. The summed E-state index contributed by atoms with van der Waals surface area (Å²) in [5, 5.41) is 19.9. The molecule has 0 spiro atoms. The molecule has 16 nitrogen and oxygen atoms in total. The van der Waals surface area contributed by atoms with Gasteiger partial charge in [0.15, 0.2) is 13.1 Å². The molecule has 1 aromatic heterocycles. The van der Waals surface area contributed by atoms with Crippen molar-refractivity contribution in [3.63, 3.8) is 0 Å². The van der Waals surface area contributed by atoms with Gasteiger partial charge in [-0.25, -0.2) is 24.6 Å². The Morgan fingerprint density at radius 2 is 0.833 bits per heavy atom. The number of aliphatic carboxylic acids is 2. The average Bonchev–Trinajstić information content (AvgIpc) is 1.79. The van der Waals surface area contributed by atoms with E-state index in [9.17, 15) is 19.8 Å². The topological polar surface area (TPSA) is 154 Å². The van der Waals surface area contributed by atoms with Crippen LogP contribution in [0.5, 0.6) is 23.0 Å². The monoisotopic (exact) mass is 1180 g/mol. The molecule has 8 rings (SSSR count). The van der Waals surface area contributed by atoms with Crippen molar-refractivity contribution in [3.05, 3.63) is 172 Å². The first kappa shape index (κ1) is 62.5. The van der Waals surface area contributed by atoms with E-state index in [1.807, 2.05) is 174 Å². The highest BCUT2D eigenvalue weighted by Gasteiger charge is 2.46. The number of aromatic nitrogens is 2. The Labute approximate surface area is 504 Å². The summed E-state index contributed by atoms with van der Waals surface area (Å²) in [5.41, 5.74) is 6.59. The number of carboxylic acids is 2. The first-order valence-electron chi connectivity index (χ1n) is 28.4. The molecule has 1 unspecified atom stereocenters. The van der Waals surface area contributed by atoms with Crippen LogP contribution in [0.25, 0.3) is 33.9 Å². The van der Waals surface area contributed by atoms with Gasteiger partial charge in [0, 0.05) is 33.4 Å². The number of ether oxygens (including phenoxy) is 4. The zero-order valence-corrected chi connectivity index (χ0v) is 51.5. The van der Waals surface area contributed by atoms with Gasteiger partial charge < -0.3 is 47.1 Å². The fourth-order valence-corrected chi connectivity index (χ4v) is 10.1. The van der Waals surface area contributed by atoms with Gasteiger partial charge in [0.2, 0.25) is 0 Å². The van der Waals surface area contributed by atoms with Crippen molar-refractivity contribution >= 4 is 46.6 Å². The Bertz CT molecular complexity index is 3470. The summed E-state index contributed by atoms with van der Waals surface area (Å²) >= 11 is 14.8. The van der Waals surface area contributed by atoms with Crippen LogP contribution in [-0.2, 0) is 15.4 Å². The lowest BCUT2D eigenvalue weighted by atomic mass is 10.00. The van der Waals surface area contributed by atoms with Crippen LogP contribution >= 0.6 is 23.2 Å². The number of rotatable bonds is 29. The van der Waals surface area contributed by atoms with E-state index in [1.165, 1.54) is 0 Å². The Hall–Kier alpha value is -7.57. The molecule has 18 heteroatoms. The molecule has 1 aliphatic rings. The van der Waals surface area contributed by atoms with Gasteiger partial charge in [0.25, 0.3) is 5.79 Å². The van der Waals surface area contributed by atoms with Crippen molar-refractivity contribution < 1.29 is 56.7 Å². The molecule has 1 atom stereocenters. The number of imidazole rings is 1. The fourth-order valence-electron chi connectivity index (χ4n) is 9.62. The number of likely N-dealkylation sites (N-methyl/N-ethyl adjacent to an activating group) is 4. The number of hydrogen-bond acceptors (Lipinski definition) is 9. The van der Waals surface area contributed by atoms with Gasteiger partial charge in [0.05, 0.1) is 102 Å². The van der Waals surface area contributed by atoms with E-state index in [-0.39, 0.29) is 28.7 Å². The summed E-state index contributed by atoms with van der Waals surface area (Å²) in [6, 6.07) is 46.5. The van der Waals surface area contributed by atoms with Crippen LogP contribution < -0.4 is 18.9 Å². The Balaban J connectivity index is 1.36. The van der Waals surface area contributed by atoms with Crippen LogP contribution in [0.3, 0.4) is 0 Å². The number of carboxylic acid groups (broad SMARTS) is 2. The predicted octanol–water partition coefficient (Wildman–Crippen LogP) is 10.9. The molecule has 0 saturated carbocycles. The minimum Gasteiger partial charge on any atom is -0.488 e. The zero-order chi connectivity index (χ0) is 60.5. The molecule has 6 aromatic carbocycles. The van der Waals surface area contributed by atoms with Crippen LogP contribution in [0.15, 0.2) is 156 Å². The van der Waals surface area contributed by atoms with Crippen molar-refractivity contribution in [2.24, 2.45) is 9.98 Å². The van der Waals surface area contributed by atoms with Crippen LogP contribution in [-0.4, -0.2) is 196 Å². The normalized spacial score (nSPS) is 14.7. The average molecular weight is 1180 g/mol. The van der Waals surface area contributed by atoms with Gasteiger partial charge >= 0.3 is 11.9 Å². The second kappa shape index (κ2) is 26.6. The van der Waals surface area contributed by atoms with E-state index in [0.29, 0.717) is 100.0 Å². The summed E-state index contributed by atoms with van der Waals surface area (Å²) < 4.78 is 29.4. The standard InChI is InChI=1S/C66H78Cl2N8O8/c1-11-73(3,4)37-41-81-51-29-21-47(22-30-51)61-62(48-23-31-52(32-24-48)83-43-39-75(7,8)45-59(77)78)71-66(70-61,56-18-14-16-20-58(56)68)72-64(50-27-35-54(36-28-50)84-44-40-76(9,10)46-60(79)80)63(69-65(72)55-17-13-15-19-57(55)67)49-25-33-53(34-26-49)82-42-38-74(5,6)12-2/h13-36H,11-12,37-46H2,1-10H3/q+2/p+2. The van der Waals surface area contributed by atoms with E-state index in [2.05, 4.69) is 46.6 Å². The van der Waals surface area contributed by atoms with Crippen molar-refractivity contribution in [1.82, 2.24) is 9.55 Å². The van der Waals surface area contributed by atoms with E-state index in [0.717, 1.165) is 63.1 Å². The molecule has 84 heavy (non-hydrogen) atoms. The van der Waals surface area contributed by atoms with Crippen LogP contribution in [0.1, 0.15) is 30.5 Å². The lowest BCUT2D eigenvalue weighted by molar-refractivity contribution is -0.888. The minimum atomic E-state index is -1.71. The van der Waals surface area contributed by atoms with Crippen molar-refractivity contribution in [2.45, 2.75) is 19.6 Å². The van der Waals surface area contributed by atoms with Gasteiger partial charge in [-0.15, -0.1) is 0 Å². The summed E-state index contributed by atoms with van der Waals surface area (Å²) in [6.07, 6.45) is 0. The molecule has 2 heterocycles. The number of quaternary nitrogens is 4. The number of halogens is 2. The number of nitrogens with zero attached hydrogens (tertiary/aromatic N) is 8. The maximum absolute atomic E-state index is 11.6. The van der Waals surface area contributed by atoms with Gasteiger partial charge in [-0.2, -0.15) is 0 Å². The van der Waals surface area contributed by atoms with Gasteiger partial charge in [-0.3, -0.25) is 4.57 Å². The molecule has 2 N–H and O–H groups in total. The second-order valence-corrected chi connectivity index (χ2v) is 24.7. The molecule has 0 aliphatic carbocycles. The maximum Gasteiger partial charge on any atom is 0.359 e. The van der Waals surface area contributed by atoms with E-state index in [1.54, 1.807) is 0 Å². The molecule has 442 valence electrons. The fraction of sp³-hybridized carbons (Fsp3) is 0.348. The zero-order valence-electron chi connectivity index (χ0n) is 50.0. The summed E-state index contributed by atoms with van der Waals surface area (Å²) in [7, 11) is 16.2. The van der Waals surface area contributed by atoms with Gasteiger partial charge in [-0.1, -0.05) is 53.5 Å². The van der Waals surface area contributed by atoms with Crippen molar-refractivity contribution in [3.8, 4) is 56.9 Å². The molecule has 0 amide bonds. The SMILES string of the molecule is CC[N+](C)(C)CCOc1ccc(C2=NC(c3ccccc3Cl)(n3c(-c4ccccc4Cl)nc(-c4ccc(OCC[N+](C)(C)CC)cc4)c3-c3ccc(OCC[N+](C)(C)CC(=O)O)cc3)N=C2c2ccc(OCC[N+](C)(C)CC(=O)O)cc2)cc1. The molecule has 0 radical (unpaired) electrons. The number of benzene rings is 6. The van der Waals surface area contributed by atoms with E-state index < -0.39 is 17.7 Å². The Kier molecular flexibility index (Phi) is 19.8. The van der Waals surface area contributed by atoms with Gasteiger partial charge in [-0.05, 0) is 129 Å². The third-order valence-electron chi connectivity index (χ3n) is 15.5. The largest absolute Gasteiger partial charge is 0.488 e. The Morgan fingerprint density at radius 3 is 1.21 bits per heavy atom. The first-order valence-corrected chi connectivity index (χ1v) is 29.1. The molecular formula is C66H80Cl2N8O8+4. The van der Waals surface area contributed by atoms with Crippen molar-refractivity contribution in [2.75, 3.05) is 135 Å². The third kappa shape index (κ3) is 15.6. The Morgan fingerprint density at radius 1 is 0.476 bits per heavy atom. The quantitative estimate of drug-likeness (QED) is 0.0436. The molecule has 0 saturated heterocycles. The number of aliphatic imine (C=N–C) groups is 2. The highest BCUT2D eigenvalue weighted by Crippen LogP contribution is 2.49. The number of hydrogen-bond donors (Lipinski definition) is 2. The summed E-state index contributed by atoms with van der Waals surface area (Å²) in [6.45, 7) is 10.5. The second-order valence-electron chi connectivity index (χ2n) is 23.8. The highest BCUT2D eigenvalue weighted by atomic mass is 35.5. The third-order valence-corrected chi connectivity index (χ3v) is 16.2. The highest BCUT2D eigenvalue weighted by molar-refractivity contribution is 6.54. The molecule has 0 bridgehead atoms. The maximum atomic E-state index is 11.6. The van der Waals surface area contributed by atoms with Crippen LogP contribution in [0.2, 0.25) is 10.0 Å². The van der Waals surface area contributed by atoms with Gasteiger partial charge in [0.1, 0.15) is 81.4 Å². The van der Waals surface area contributed by atoms with Crippen LogP contribution in [0.4, 0.5) is 0 Å². The summed E-state index contributed by atoms with van der Waals surface area (Å²) in [4.78, 5) is 40.6. The van der Waals surface area contributed by atoms with E-state index >= 15 is 0 Å². The molecule has 1 aliphatic heterocycles. The lowest BCUT2D eigenvalue weighted by Gasteiger charge is -2.30. The molecular weight excluding hydrogens is 1100 g/mol. The first-order chi connectivity index (χ1) is 39.9. The minimum absolute atomic E-state index is 0.0345. The molecule has 0 fully saturated rings. The predicted molar refractivity (Wildman–Crippen MR) is 334 cm³/mol. The number of carbonyl (C=O) groups is 2. The smallest absolute Gasteiger partial charge is 0.359 e.